The quantitative estimate of drug-likeness (QED) is 0.649. The first-order chi connectivity index (χ1) is 12.1. The monoisotopic (exact) mass is 358 g/mol. The van der Waals surface area contributed by atoms with Gasteiger partial charge in [-0.1, -0.05) is 6.07 Å². The Morgan fingerprint density at radius 3 is 2.48 bits per heavy atom. The Balaban J connectivity index is 1.93. The Hall–Kier alpha value is -2.64. The number of hydrogen-bond acceptors (Lipinski definition) is 5. The third kappa shape index (κ3) is 4.07. The molecule has 0 aliphatic carbocycles. The molecular weight excluding hydrogens is 340 g/mol. The minimum absolute atomic E-state index is 0.135. The smallest absolute Gasteiger partial charge is 0.243 e. The highest BCUT2D eigenvalue weighted by Gasteiger charge is 2.26. The number of ether oxygens (including phenoxy) is 1. The van der Waals surface area contributed by atoms with Gasteiger partial charge >= 0.3 is 0 Å². The molecule has 0 unspecified atom stereocenters. The van der Waals surface area contributed by atoms with Gasteiger partial charge in [0.25, 0.3) is 0 Å². The van der Waals surface area contributed by atoms with Crippen LogP contribution in [0.5, 0.6) is 5.75 Å². The standard InChI is InChI=1S/C18H18N2O4S/c1-23-16-6-8-18(9-7-16)25(21,22)20(14-17-5-3-11-24-17)13-15-4-2-10-19-12-15/h2-12H,13-14H2,1H3. The van der Waals surface area contributed by atoms with Crippen molar-refractivity contribution in [2.24, 2.45) is 0 Å². The highest BCUT2D eigenvalue weighted by molar-refractivity contribution is 7.89. The Bertz CT molecular complexity index is 892. The van der Waals surface area contributed by atoms with E-state index in [1.807, 2.05) is 6.07 Å². The Morgan fingerprint density at radius 1 is 1.08 bits per heavy atom. The van der Waals surface area contributed by atoms with Gasteiger partial charge in [0.2, 0.25) is 10.0 Å². The topological polar surface area (TPSA) is 72.6 Å². The van der Waals surface area contributed by atoms with Crippen LogP contribution in [0.3, 0.4) is 0 Å². The summed E-state index contributed by atoms with van der Waals surface area (Å²) in [6, 6.07) is 13.4. The van der Waals surface area contributed by atoms with Crippen molar-refractivity contribution in [2.75, 3.05) is 7.11 Å². The second-order valence-electron chi connectivity index (χ2n) is 5.39. The summed E-state index contributed by atoms with van der Waals surface area (Å²) < 4.78 is 38.0. The summed E-state index contributed by atoms with van der Waals surface area (Å²) in [7, 11) is -2.17. The maximum Gasteiger partial charge on any atom is 0.243 e. The first kappa shape index (κ1) is 17.2. The average molecular weight is 358 g/mol. The van der Waals surface area contributed by atoms with Crippen LogP contribution in [0.4, 0.5) is 0 Å². The highest BCUT2D eigenvalue weighted by Crippen LogP contribution is 2.23. The van der Waals surface area contributed by atoms with Gasteiger partial charge in [-0.3, -0.25) is 4.98 Å². The molecule has 3 aromatic rings. The highest BCUT2D eigenvalue weighted by atomic mass is 32.2. The molecule has 0 fully saturated rings. The van der Waals surface area contributed by atoms with E-state index in [1.165, 1.54) is 29.8 Å². The molecule has 0 aliphatic heterocycles. The van der Waals surface area contributed by atoms with Crippen LogP contribution in [0.1, 0.15) is 11.3 Å². The summed E-state index contributed by atoms with van der Waals surface area (Å²) in [6.45, 7) is 0.332. The van der Waals surface area contributed by atoms with Crippen molar-refractivity contribution in [2.45, 2.75) is 18.0 Å². The summed E-state index contributed by atoms with van der Waals surface area (Å²) in [5.41, 5.74) is 0.797. The lowest BCUT2D eigenvalue weighted by atomic mass is 10.3. The minimum Gasteiger partial charge on any atom is -0.497 e. The van der Waals surface area contributed by atoms with Gasteiger partial charge in [0, 0.05) is 18.9 Å². The van der Waals surface area contributed by atoms with Crippen molar-refractivity contribution in [1.82, 2.24) is 9.29 Å². The third-order valence-corrected chi connectivity index (χ3v) is 5.50. The fraction of sp³-hybridized carbons (Fsp3) is 0.167. The van der Waals surface area contributed by atoms with Crippen molar-refractivity contribution in [3.63, 3.8) is 0 Å². The van der Waals surface area contributed by atoms with Crippen molar-refractivity contribution in [3.8, 4) is 5.75 Å². The Kier molecular flexibility index (Phi) is 5.16. The number of methoxy groups -OCH3 is 1. The Labute approximate surface area is 146 Å². The van der Waals surface area contributed by atoms with Gasteiger partial charge in [-0.05, 0) is 48.0 Å². The van der Waals surface area contributed by atoms with E-state index < -0.39 is 10.0 Å². The first-order valence-electron chi connectivity index (χ1n) is 7.65. The van der Waals surface area contributed by atoms with E-state index in [0.29, 0.717) is 11.5 Å². The SMILES string of the molecule is COc1ccc(S(=O)(=O)N(Cc2cccnc2)Cc2ccco2)cc1. The second kappa shape index (κ2) is 7.50. The molecule has 0 amide bonds. The van der Waals surface area contributed by atoms with E-state index in [4.69, 9.17) is 9.15 Å². The zero-order valence-electron chi connectivity index (χ0n) is 13.7. The van der Waals surface area contributed by atoms with E-state index in [1.54, 1.807) is 42.7 Å². The van der Waals surface area contributed by atoms with Gasteiger partial charge in [-0.15, -0.1) is 0 Å². The average Bonchev–Trinajstić information content (AvgIpc) is 3.15. The second-order valence-corrected chi connectivity index (χ2v) is 7.33. The number of aromatic nitrogens is 1. The molecule has 0 bridgehead atoms. The minimum atomic E-state index is -3.71. The van der Waals surface area contributed by atoms with E-state index in [2.05, 4.69) is 4.98 Å². The maximum atomic E-state index is 13.1. The number of pyridine rings is 1. The fourth-order valence-electron chi connectivity index (χ4n) is 2.39. The van der Waals surface area contributed by atoms with Gasteiger partial charge in [0.1, 0.15) is 11.5 Å². The molecule has 0 spiro atoms. The summed E-state index contributed by atoms with van der Waals surface area (Å²) >= 11 is 0. The molecule has 2 heterocycles. The molecular formula is C18H18N2O4S. The molecule has 0 saturated heterocycles. The van der Waals surface area contributed by atoms with Crippen LogP contribution in [0.2, 0.25) is 0 Å². The van der Waals surface area contributed by atoms with E-state index in [-0.39, 0.29) is 18.0 Å². The normalized spacial score (nSPS) is 11.6. The van der Waals surface area contributed by atoms with Crippen molar-refractivity contribution in [3.05, 3.63) is 78.5 Å². The molecule has 0 N–H and O–H groups in total. The third-order valence-electron chi connectivity index (χ3n) is 3.69. The van der Waals surface area contributed by atoms with Crippen molar-refractivity contribution in [1.29, 1.82) is 0 Å². The number of rotatable bonds is 7. The van der Waals surface area contributed by atoms with Crippen LogP contribution in [0, 0.1) is 0 Å². The van der Waals surface area contributed by atoms with Crippen LogP contribution < -0.4 is 4.74 Å². The fourth-order valence-corrected chi connectivity index (χ4v) is 3.79. The molecule has 0 radical (unpaired) electrons. The molecule has 130 valence electrons. The van der Waals surface area contributed by atoms with E-state index in [9.17, 15) is 8.42 Å². The number of hydrogen-bond donors (Lipinski definition) is 0. The molecule has 3 rings (SSSR count). The number of furan rings is 1. The molecule has 1 aromatic carbocycles. The summed E-state index contributed by atoms with van der Waals surface area (Å²) in [4.78, 5) is 4.25. The van der Waals surface area contributed by atoms with Gasteiger partial charge in [0.05, 0.1) is 24.8 Å². The molecule has 25 heavy (non-hydrogen) atoms. The summed E-state index contributed by atoms with van der Waals surface area (Å²) in [6.07, 6.45) is 4.83. The first-order valence-corrected chi connectivity index (χ1v) is 9.09. The van der Waals surface area contributed by atoms with E-state index >= 15 is 0 Å². The number of benzene rings is 1. The van der Waals surface area contributed by atoms with Crippen LogP contribution in [-0.4, -0.2) is 24.8 Å². The number of nitrogens with zero attached hydrogens (tertiary/aromatic N) is 2. The van der Waals surface area contributed by atoms with Crippen LogP contribution in [-0.2, 0) is 23.1 Å². The molecule has 7 heteroatoms. The lowest BCUT2D eigenvalue weighted by Crippen LogP contribution is -2.30. The molecule has 0 aliphatic rings. The lowest BCUT2D eigenvalue weighted by molar-refractivity contribution is 0.358. The van der Waals surface area contributed by atoms with Gasteiger partial charge in [-0.25, -0.2) is 8.42 Å². The zero-order valence-corrected chi connectivity index (χ0v) is 14.5. The Morgan fingerprint density at radius 2 is 1.88 bits per heavy atom. The lowest BCUT2D eigenvalue weighted by Gasteiger charge is -2.21. The van der Waals surface area contributed by atoms with Crippen LogP contribution in [0.25, 0.3) is 0 Å². The maximum absolute atomic E-state index is 13.1. The van der Waals surface area contributed by atoms with Gasteiger partial charge < -0.3 is 9.15 Å². The van der Waals surface area contributed by atoms with Crippen LogP contribution >= 0.6 is 0 Å². The summed E-state index contributed by atoms with van der Waals surface area (Å²) in [5.74, 6) is 1.17. The number of sulfonamides is 1. The van der Waals surface area contributed by atoms with Gasteiger partial charge in [0.15, 0.2) is 0 Å². The largest absolute Gasteiger partial charge is 0.497 e. The molecule has 6 nitrogen and oxygen atoms in total. The predicted octanol–water partition coefficient (Wildman–Crippen LogP) is 3.07. The van der Waals surface area contributed by atoms with Gasteiger partial charge in [-0.2, -0.15) is 4.31 Å². The van der Waals surface area contributed by atoms with E-state index in [0.717, 1.165) is 5.56 Å². The zero-order chi connectivity index (χ0) is 17.7. The molecule has 0 atom stereocenters. The van der Waals surface area contributed by atoms with Crippen molar-refractivity contribution >= 4 is 10.0 Å². The predicted molar refractivity (Wildman–Crippen MR) is 92.4 cm³/mol. The van der Waals surface area contributed by atoms with Crippen LogP contribution in [0.15, 0.2) is 76.5 Å². The molecule has 2 aromatic heterocycles. The van der Waals surface area contributed by atoms with Crippen molar-refractivity contribution < 1.29 is 17.6 Å². The summed E-state index contributed by atoms with van der Waals surface area (Å²) in [5, 5.41) is 0. The molecule has 0 saturated carbocycles.